The van der Waals surface area contributed by atoms with Crippen molar-refractivity contribution in [3.05, 3.63) is 29.8 Å². The van der Waals surface area contributed by atoms with Crippen LogP contribution in [0, 0.1) is 0 Å². The second kappa shape index (κ2) is 5.71. The number of ether oxygens (including phenoxy) is 1. The van der Waals surface area contributed by atoms with Crippen molar-refractivity contribution in [2.24, 2.45) is 5.73 Å². The number of carbonyl (C=O) groups is 1. The second-order valence-corrected chi connectivity index (χ2v) is 5.49. The molecule has 108 valence electrons. The number of rotatable bonds is 2. The Morgan fingerprint density at radius 1 is 1.25 bits per heavy atom. The molecule has 1 unspecified atom stereocenters. The van der Waals surface area contributed by atoms with Crippen LogP contribution in [0.15, 0.2) is 24.3 Å². The number of benzene rings is 1. The number of carbonyl (C=O) groups excluding carboxylic acids is 1. The lowest BCUT2D eigenvalue weighted by molar-refractivity contribution is 0.176. The van der Waals surface area contributed by atoms with Gasteiger partial charge in [0.25, 0.3) is 0 Å². The van der Waals surface area contributed by atoms with E-state index >= 15 is 0 Å². The third-order valence-electron chi connectivity index (χ3n) is 4.20. The molecule has 0 spiro atoms. The fourth-order valence-electron chi connectivity index (χ4n) is 3.07. The summed E-state index contributed by atoms with van der Waals surface area (Å²) in [5.41, 5.74) is 6.56. The molecule has 3 rings (SSSR count). The molecule has 1 fully saturated rings. The Bertz CT molecular complexity index is 484. The number of nitrogens with two attached hydrogens (primary N) is 1. The van der Waals surface area contributed by atoms with Crippen molar-refractivity contribution >= 4 is 6.03 Å². The summed E-state index contributed by atoms with van der Waals surface area (Å²) in [6, 6.07) is 8.71. The van der Waals surface area contributed by atoms with Crippen LogP contribution >= 0.6 is 0 Å². The van der Waals surface area contributed by atoms with E-state index in [-0.39, 0.29) is 6.03 Å². The lowest BCUT2D eigenvalue weighted by Gasteiger charge is -2.35. The van der Waals surface area contributed by atoms with Gasteiger partial charge in [-0.05, 0) is 18.9 Å². The Balaban J connectivity index is 1.61. The van der Waals surface area contributed by atoms with Crippen LogP contribution in [0.3, 0.4) is 0 Å². The van der Waals surface area contributed by atoms with Gasteiger partial charge in [-0.2, -0.15) is 0 Å². The molecule has 5 heteroatoms. The monoisotopic (exact) mass is 275 g/mol. The molecular weight excluding hydrogens is 254 g/mol. The summed E-state index contributed by atoms with van der Waals surface area (Å²) in [7, 11) is 0. The largest absolute Gasteiger partial charge is 0.493 e. The number of hydrogen-bond donors (Lipinski definition) is 2. The summed E-state index contributed by atoms with van der Waals surface area (Å²) in [6.07, 6.45) is 2.91. The lowest BCUT2D eigenvalue weighted by atomic mass is 9.97. The van der Waals surface area contributed by atoms with Gasteiger partial charge in [-0.3, -0.25) is 0 Å². The predicted molar refractivity (Wildman–Crippen MR) is 76.6 cm³/mol. The maximum Gasteiger partial charge on any atom is 0.314 e. The molecule has 20 heavy (non-hydrogen) atoms. The summed E-state index contributed by atoms with van der Waals surface area (Å²) in [6.45, 7) is 2.25. The summed E-state index contributed by atoms with van der Waals surface area (Å²) in [5, 5.41) is 3.71. The first kappa shape index (κ1) is 13.2. The van der Waals surface area contributed by atoms with E-state index < -0.39 is 0 Å². The minimum Gasteiger partial charge on any atom is -0.493 e. The van der Waals surface area contributed by atoms with Gasteiger partial charge in [0.1, 0.15) is 5.75 Å². The van der Waals surface area contributed by atoms with E-state index in [2.05, 4.69) is 17.4 Å². The van der Waals surface area contributed by atoms with Crippen LogP contribution in [-0.4, -0.2) is 36.7 Å². The number of primary amides is 1. The van der Waals surface area contributed by atoms with Gasteiger partial charge >= 0.3 is 6.03 Å². The molecule has 2 heterocycles. The van der Waals surface area contributed by atoms with Crippen LogP contribution < -0.4 is 15.8 Å². The Morgan fingerprint density at radius 3 is 2.75 bits per heavy atom. The molecule has 5 nitrogen and oxygen atoms in total. The minimum atomic E-state index is -0.306. The molecule has 0 saturated carbocycles. The van der Waals surface area contributed by atoms with E-state index in [0.29, 0.717) is 12.1 Å². The fourth-order valence-corrected chi connectivity index (χ4v) is 3.07. The van der Waals surface area contributed by atoms with Gasteiger partial charge in [0.2, 0.25) is 0 Å². The molecule has 0 aromatic heterocycles. The van der Waals surface area contributed by atoms with Crippen LogP contribution in [-0.2, 0) is 0 Å². The summed E-state index contributed by atoms with van der Waals surface area (Å²) in [4.78, 5) is 12.8. The molecule has 1 atom stereocenters. The first-order valence-electron chi connectivity index (χ1n) is 7.26. The lowest BCUT2D eigenvalue weighted by Crippen LogP contribution is -2.47. The molecule has 3 N–H and O–H groups in total. The van der Waals surface area contributed by atoms with Gasteiger partial charge in [0.15, 0.2) is 0 Å². The van der Waals surface area contributed by atoms with Crippen LogP contribution in [0.5, 0.6) is 5.75 Å². The highest BCUT2D eigenvalue weighted by Crippen LogP contribution is 2.32. The molecule has 0 radical (unpaired) electrons. The molecule has 2 aliphatic rings. The number of amides is 2. The van der Waals surface area contributed by atoms with Crippen molar-refractivity contribution < 1.29 is 9.53 Å². The van der Waals surface area contributed by atoms with Crippen molar-refractivity contribution in [2.75, 3.05) is 19.7 Å². The zero-order chi connectivity index (χ0) is 13.9. The Kier molecular flexibility index (Phi) is 3.78. The van der Waals surface area contributed by atoms with Crippen LogP contribution in [0.25, 0.3) is 0 Å². The Labute approximate surface area is 119 Å². The van der Waals surface area contributed by atoms with Crippen LogP contribution in [0.2, 0.25) is 0 Å². The quantitative estimate of drug-likeness (QED) is 0.862. The van der Waals surface area contributed by atoms with Crippen LogP contribution in [0.4, 0.5) is 4.79 Å². The standard InChI is InChI=1S/C15H21N3O2/c16-15(19)18-8-5-11(6-9-18)17-13-7-10-20-14-4-2-1-3-12(13)14/h1-4,11,13,17H,5-10H2,(H2,16,19). The number of likely N-dealkylation sites (tertiary alicyclic amines) is 1. The van der Waals surface area contributed by atoms with Gasteiger partial charge in [0, 0.05) is 37.2 Å². The first-order chi connectivity index (χ1) is 9.74. The van der Waals surface area contributed by atoms with E-state index in [0.717, 1.165) is 44.7 Å². The highest BCUT2D eigenvalue weighted by molar-refractivity contribution is 5.72. The summed E-state index contributed by atoms with van der Waals surface area (Å²) in [5.74, 6) is 0.992. The number of nitrogens with zero attached hydrogens (tertiary/aromatic N) is 1. The highest BCUT2D eigenvalue weighted by atomic mass is 16.5. The van der Waals surface area contributed by atoms with Crippen molar-refractivity contribution in [2.45, 2.75) is 31.3 Å². The third kappa shape index (κ3) is 2.72. The Hall–Kier alpha value is -1.75. The van der Waals surface area contributed by atoms with Gasteiger partial charge < -0.3 is 20.7 Å². The van der Waals surface area contributed by atoms with Crippen molar-refractivity contribution in [3.63, 3.8) is 0 Å². The van der Waals surface area contributed by atoms with Crippen molar-refractivity contribution in [3.8, 4) is 5.75 Å². The SMILES string of the molecule is NC(=O)N1CCC(NC2CCOc3ccccc32)CC1. The van der Waals surface area contributed by atoms with Crippen molar-refractivity contribution in [1.29, 1.82) is 0 Å². The summed E-state index contributed by atoms with van der Waals surface area (Å²) < 4.78 is 5.68. The predicted octanol–water partition coefficient (Wildman–Crippen LogP) is 1.64. The van der Waals surface area contributed by atoms with E-state index in [1.807, 2.05) is 12.1 Å². The smallest absolute Gasteiger partial charge is 0.314 e. The average Bonchev–Trinajstić information content (AvgIpc) is 2.48. The normalized spacial score (nSPS) is 23.0. The third-order valence-corrected chi connectivity index (χ3v) is 4.20. The van der Waals surface area contributed by atoms with E-state index in [1.54, 1.807) is 4.90 Å². The number of hydrogen-bond acceptors (Lipinski definition) is 3. The molecule has 2 amide bonds. The van der Waals surface area contributed by atoms with Gasteiger partial charge in [-0.1, -0.05) is 18.2 Å². The van der Waals surface area contributed by atoms with Gasteiger partial charge in [-0.25, -0.2) is 4.79 Å². The molecule has 2 aliphatic heterocycles. The second-order valence-electron chi connectivity index (χ2n) is 5.49. The molecular formula is C15H21N3O2. The maximum atomic E-state index is 11.1. The fraction of sp³-hybridized carbons (Fsp3) is 0.533. The van der Waals surface area contributed by atoms with Crippen LogP contribution in [0.1, 0.15) is 30.9 Å². The van der Waals surface area contributed by atoms with Gasteiger partial charge in [0.05, 0.1) is 6.61 Å². The maximum absolute atomic E-state index is 11.1. The topological polar surface area (TPSA) is 67.6 Å². The number of piperidine rings is 1. The summed E-state index contributed by atoms with van der Waals surface area (Å²) >= 11 is 0. The number of fused-ring (bicyclic) bond motifs is 1. The molecule has 1 aromatic rings. The number of urea groups is 1. The van der Waals surface area contributed by atoms with E-state index in [9.17, 15) is 4.79 Å². The van der Waals surface area contributed by atoms with Crippen molar-refractivity contribution in [1.82, 2.24) is 10.2 Å². The molecule has 1 aromatic carbocycles. The number of para-hydroxylation sites is 1. The zero-order valence-electron chi connectivity index (χ0n) is 11.5. The first-order valence-corrected chi connectivity index (χ1v) is 7.26. The van der Waals surface area contributed by atoms with E-state index in [1.165, 1.54) is 5.56 Å². The molecule has 0 bridgehead atoms. The minimum absolute atomic E-state index is 0.306. The molecule has 0 aliphatic carbocycles. The number of nitrogens with one attached hydrogen (secondary N) is 1. The highest BCUT2D eigenvalue weighted by Gasteiger charge is 2.26. The molecule has 1 saturated heterocycles. The van der Waals surface area contributed by atoms with E-state index in [4.69, 9.17) is 10.5 Å². The Morgan fingerprint density at radius 2 is 2.00 bits per heavy atom. The van der Waals surface area contributed by atoms with Gasteiger partial charge in [-0.15, -0.1) is 0 Å². The zero-order valence-corrected chi connectivity index (χ0v) is 11.5. The average molecular weight is 275 g/mol.